The second kappa shape index (κ2) is 4.59. The predicted molar refractivity (Wildman–Crippen MR) is 58.7 cm³/mol. The zero-order valence-electron chi connectivity index (χ0n) is 8.99. The van der Waals surface area contributed by atoms with Gasteiger partial charge < -0.3 is 15.8 Å². The van der Waals surface area contributed by atoms with Gasteiger partial charge in [0, 0.05) is 18.2 Å². The van der Waals surface area contributed by atoms with Gasteiger partial charge in [-0.1, -0.05) is 6.07 Å². The molecule has 0 saturated carbocycles. The third-order valence-electron chi connectivity index (χ3n) is 2.79. The van der Waals surface area contributed by atoms with Crippen LogP contribution >= 0.6 is 0 Å². The highest BCUT2D eigenvalue weighted by molar-refractivity contribution is 5.29. The van der Waals surface area contributed by atoms with Crippen LogP contribution in [0.4, 0.5) is 0 Å². The lowest BCUT2D eigenvalue weighted by Gasteiger charge is -2.12. The van der Waals surface area contributed by atoms with Crippen molar-refractivity contribution in [1.29, 1.82) is 0 Å². The molecule has 1 saturated heterocycles. The summed E-state index contributed by atoms with van der Waals surface area (Å²) in [5, 5.41) is 3.41. The van der Waals surface area contributed by atoms with Gasteiger partial charge in [-0.05, 0) is 25.5 Å². The molecule has 15 heavy (non-hydrogen) atoms. The number of aromatic nitrogens is 1. The number of rotatable bonds is 3. The van der Waals surface area contributed by atoms with Crippen molar-refractivity contribution in [3.05, 3.63) is 23.4 Å². The molecule has 2 rings (SSSR count). The molecule has 2 heterocycles. The zero-order chi connectivity index (χ0) is 10.7. The largest absolute Gasteiger partial charge is 0.481 e. The van der Waals surface area contributed by atoms with Crippen molar-refractivity contribution in [1.82, 2.24) is 10.3 Å². The van der Waals surface area contributed by atoms with Crippen molar-refractivity contribution in [2.75, 3.05) is 13.7 Å². The van der Waals surface area contributed by atoms with Crippen molar-refractivity contribution in [2.45, 2.75) is 25.4 Å². The maximum Gasteiger partial charge on any atom is 0.217 e. The van der Waals surface area contributed by atoms with Crippen molar-refractivity contribution >= 4 is 0 Å². The Morgan fingerprint density at radius 2 is 2.47 bits per heavy atom. The summed E-state index contributed by atoms with van der Waals surface area (Å²) in [5.41, 5.74) is 7.61. The number of hydrogen-bond acceptors (Lipinski definition) is 4. The lowest BCUT2D eigenvalue weighted by Crippen LogP contribution is -2.15. The molecule has 4 nitrogen and oxygen atoms in total. The summed E-state index contributed by atoms with van der Waals surface area (Å²) in [6, 6.07) is 4.42. The minimum absolute atomic E-state index is 0.380. The van der Waals surface area contributed by atoms with E-state index in [1.54, 1.807) is 7.11 Å². The van der Waals surface area contributed by atoms with E-state index in [2.05, 4.69) is 10.3 Å². The van der Waals surface area contributed by atoms with Crippen molar-refractivity contribution in [2.24, 2.45) is 5.73 Å². The predicted octanol–water partition coefficient (Wildman–Crippen LogP) is 0.973. The normalized spacial score (nSPS) is 20.5. The molecular formula is C11H17N3O. The van der Waals surface area contributed by atoms with E-state index in [9.17, 15) is 0 Å². The van der Waals surface area contributed by atoms with E-state index in [1.807, 2.05) is 12.1 Å². The molecule has 0 aliphatic carbocycles. The van der Waals surface area contributed by atoms with Crippen molar-refractivity contribution in [3.63, 3.8) is 0 Å². The molecule has 1 atom stereocenters. The number of nitrogens with one attached hydrogen (secondary N) is 1. The van der Waals surface area contributed by atoms with Crippen LogP contribution in [-0.2, 0) is 6.54 Å². The van der Waals surface area contributed by atoms with Gasteiger partial charge in [-0.3, -0.25) is 0 Å². The van der Waals surface area contributed by atoms with Gasteiger partial charge in [0.05, 0.1) is 12.8 Å². The second-order valence-electron chi connectivity index (χ2n) is 3.76. The summed E-state index contributed by atoms with van der Waals surface area (Å²) in [5.74, 6) is 0.656. The maximum atomic E-state index is 5.59. The molecular weight excluding hydrogens is 190 g/mol. The standard InChI is InChI=1S/C11H17N3O/c1-15-11-8(7-12)4-5-10(14-11)9-3-2-6-13-9/h4-5,9,13H,2-3,6-7,12H2,1H3. The highest BCUT2D eigenvalue weighted by atomic mass is 16.5. The van der Waals surface area contributed by atoms with Crippen LogP contribution in [0.3, 0.4) is 0 Å². The Morgan fingerprint density at radius 1 is 1.60 bits per heavy atom. The summed E-state index contributed by atoms with van der Waals surface area (Å²) >= 11 is 0. The van der Waals surface area contributed by atoms with Crippen LogP contribution in [0.15, 0.2) is 12.1 Å². The molecule has 3 N–H and O–H groups in total. The van der Waals surface area contributed by atoms with Crippen LogP contribution in [0.2, 0.25) is 0 Å². The Labute approximate surface area is 89.8 Å². The molecule has 1 aromatic rings. The molecule has 0 amide bonds. The molecule has 0 radical (unpaired) electrons. The molecule has 1 aliphatic heterocycles. The molecule has 1 aliphatic rings. The number of nitrogens with two attached hydrogens (primary N) is 1. The molecule has 0 bridgehead atoms. The highest BCUT2D eigenvalue weighted by Crippen LogP contribution is 2.24. The van der Waals surface area contributed by atoms with Gasteiger partial charge >= 0.3 is 0 Å². The summed E-state index contributed by atoms with van der Waals surface area (Å²) < 4.78 is 5.22. The van der Waals surface area contributed by atoms with Crippen LogP contribution in [0.1, 0.15) is 30.1 Å². The monoisotopic (exact) mass is 207 g/mol. The van der Waals surface area contributed by atoms with E-state index in [0.717, 1.165) is 24.2 Å². The fourth-order valence-corrected chi connectivity index (χ4v) is 1.95. The quantitative estimate of drug-likeness (QED) is 0.775. The second-order valence-corrected chi connectivity index (χ2v) is 3.76. The van der Waals surface area contributed by atoms with E-state index in [0.29, 0.717) is 18.5 Å². The number of hydrogen-bond donors (Lipinski definition) is 2. The molecule has 1 unspecified atom stereocenters. The fraction of sp³-hybridized carbons (Fsp3) is 0.545. The van der Waals surface area contributed by atoms with Gasteiger partial charge in [0.15, 0.2) is 0 Å². The van der Waals surface area contributed by atoms with E-state index >= 15 is 0 Å². The summed E-state index contributed by atoms with van der Waals surface area (Å²) in [6.07, 6.45) is 2.37. The molecule has 0 aromatic carbocycles. The third kappa shape index (κ3) is 2.11. The Morgan fingerprint density at radius 3 is 3.07 bits per heavy atom. The van der Waals surface area contributed by atoms with E-state index in [1.165, 1.54) is 6.42 Å². The number of pyridine rings is 1. The molecule has 82 valence electrons. The number of methoxy groups -OCH3 is 1. The Hall–Kier alpha value is -1.13. The first-order chi connectivity index (χ1) is 7.35. The first-order valence-corrected chi connectivity index (χ1v) is 5.32. The highest BCUT2D eigenvalue weighted by Gasteiger charge is 2.18. The lowest BCUT2D eigenvalue weighted by molar-refractivity contribution is 0.389. The first-order valence-electron chi connectivity index (χ1n) is 5.32. The van der Waals surface area contributed by atoms with Crippen LogP contribution in [0.5, 0.6) is 5.88 Å². The SMILES string of the molecule is COc1nc(C2CCCN2)ccc1CN. The lowest BCUT2D eigenvalue weighted by atomic mass is 10.1. The van der Waals surface area contributed by atoms with Crippen LogP contribution in [0, 0.1) is 0 Å². The van der Waals surface area contributed by atoms with Crippen LogP contribution in [-0.4, -0.2) is 18.6 Å². The first kappa shape index (κ1) is 10.4. The Balaban J connectivity index is 2.25. The van der Waals surface area contributed by atoms with E-state index in [4.69, 9.17) is 10.5 Å². The molecule has 0 spiro atoms. The zero-order valence-corrected chi connectivity index (χ0v) is 8.99. The smallest absolute Gasteiger partial charge is 0.217 e. The van der Waals surface area contributed by atoms with Gasteiger partial charge in [0.2, 0.25) is 5.88 Å². The third-order valence-corrected chi connectivity index (χ3v) is 2.79. The Kier molecular flexibility index (Phi) is 3.18. The minimum Gasteiger partial charge on any atom is -0.481 e. The van der Waals surface area contributed by atoms with E-state index in [-0.39, 0.29) is 0 Å². The van der Waals surface area contributed by atoms with Gasteiger partial charge in [-0.15, -0.1) is 0 Å². The van der Waals surface area contributed by atoms with Gasteiger partial charge in [0.25, 0.3) is 0 Å². The maximum absolute atomic E-state index is 5.59. The minimum atomic E-state index is 0.380. The average Bonchev–Trinajstić information content (AvgIpc) is 2.81. The van der Waals surface area contributed by atoms with Crippen molar-refractivity contribution < 1.29 is 4.74 Å². The number of nitrogens with zero attached hydrogens (tertiary/aromatic N) is 1. The summed E-state index contributed by atoms with van der Waals surface area (Å²) in [4.78, 5) is 4.48. The topological polar surface area (TPSA) is 60.2 Å². The molecule has 4 heteroatoms. The Bertz CT molecular complexity index is 335. The average molecular weight is 207 g/mol. The summed E-state index contributed by atoms with van der Waals surface area (Å²) in [7, 11) is 1.63. The number of ether oxygens (including phenoxy) is 1. The van der Waals surface area contributed by atoms with Gasteiger partial charge in [-0.25, -0.2) is 4.98 Å². The summed E-state index contributed by atoms with van der Waals surface area (Å²) in [6.45, 7) is 1.54. The van der Waals surface area contributed by atoms with Crippen molar-refractivity contribution in [3.8, 4) is 5.88 Å². The van der Waals surface area contributed by atoms with Crippen LogP contribution in [0.25, 0.3) is 0 Å². The van der Waals surface area contributed by atoms with Crippen LogP contribution < -0.4 is 15.8 Å². The fourth-order valence-electron chi connectivity index (χ4n) is 1.95. The van der Waals surface area contributed by atoms with Gasteiger partial charge in [0.1, 0.15) is 0 Å². The van der Waals surface area contributed by atoms with Gasteiger partial charge in [-0.2, -0.15) is 0 Å². The molecule has 1 fully saturated rings. The molecule has 1 aromatic heterocycles. The van der Waals surface area contributed by atoms with E-state index < -0.39 is 0 Å².